The van der Waals surface area contributed by atoms with Crippen molar-refractivity contribution < 1.29 is 14.6 Å². The maximum atomic E-state index is 9.71. The van der Waals surface area contributed by atoms with Crippen LogP contribution in [-0.4, -0.2) is 24.5 Å². The van der Waals surface area contributed by atoms with E-state index in [2.05, 4.69) is 5.32 Å². The molecule has 1 saturated carbocycles. The van der Waals surface area contributed by atoms with E-state index in [1.165, 1.54) is 12.8 Å². The maximum absolute atomic E-state index is 9.71. The van der Waals surface area contributed by atoms with Crippen molar-refractivity contribution in [3.05, 3.63) is 23.8 Å². The van der Waals surface area contributed by atoms with Crippen molar-refractivity contribution in [3.8, 4) is 11.5 Å². The van der Waals surface area contributed by atoms with Gasteiger partial charge in [0, 0.05) is 13.1 Å². The average molecular weight is 235 g/mol. The molecule has 0 amide bonds. The zero-order valence-corrected chi connectivity index (χ0v) is 9.69. The SMILES string of the molecule is OC(CNCc1ccc2c(c1)OCO2)C1CC1. The normalized spacial score (nSPS) is 19.4. The number of aliphatic hydroxyl groups excluding tert-OH is 1. The van der Waals surface area contributed by atoms with Gasteiger partial charge in [-0.15, -0.1) is 0 Å². The predicted octanol–water partition coefficient (Wildman–Crippen LogP) is 1.28. The van der Waals surface area contributed by atoms with E-state index in [9.17, 15) is 5.11 Å². The molecule has 1 fully saturated rings. The Labute approximate surface area is 101 Å². The molecule has 0 aromatic heterocycles. The lowest BCUT2D eigenvalue weighted by atomic mass is 10.2. The van der Waals surface area contributed by atoms with Crippen LogP contribution in [-0.2, 0) is 6.54 Å². The monoisotopic (exact) mass is 235 g/mol. The lowest BCUT2D eigenvalue weighted by Gasteiger charge is -2.10. The predicted molar refractivity (Wildman–Crippen MR) is 63.0 cm³/mol. The molecule has 0 bridgehead atoms. The number of rotatable bonds is 5. The van der Waals surface area contributed by atoms with Crippen LogP contribution in [0.5, 0.6) is 11.5 Å². The van der Waals surface area contributed by atoms with Gasteiger partial charge in [0.2, 0.25) is 6.79 Å². The second-order valence-electron chi connectivity index (χ2n) is 4.72. The Morgan fingerprint density at radius 1 is 1.29 bits per heavy atom. The third kappa shape index (κ3) is 2.53. The van der Waals surface area contributed by atoms with Crippen LogP contribution in [0.1, 0.15) is 18.4 Å². The van der Waals surface area contributed by atoms with E-state index in [4.69, 9.17) is 9.47 Å². The largest absolute Gasteiger partial charge is 0.454 e. The van der Waals surface area contributed by atoms with Crippen molar-refractivity contribution >= 4 is 0 Å². The highest BCUT2D eigenvalue weighted by molar-refractivity contribution is 5.44. The fourth-order valence-corrected chi connectivity index (χ4v) is 2.06. The Morgan fingerprint density at radius 3 is 2.94 bits per heavy atom. The molecule has 3 rings (SSSR count). The molecule has 17 heavy (non-hydrogen) atoms. The molecule has 2 N–H and O–H groups in total. The van der Waals surface area contributed by atoms with Crippen LogP contribution in [0.25, 0.3) is 0 Å². The Kier molecular flexibility index (Phi) is 2.91. The van der Waals surface area contributed by atoms with Gasteiger partial charge in [0.15, 0.2) is 11.5 Å². The van der Waals surface area contributed by atoms with Crippen LogP contribution in [0.4, 0.5) is 0 Å². The fourth-order valence-electron chi connectivity index (χ4n) is 2.06. The smallest absolute Gasteiger partial charge is 0.231 e. The second-order valence-corrected chi connectivity index (χ2v) is 4.72. The van der Waals surface area contributed by atoms with Gasteiger partial charge >= 0.3 is 0 Å². The number of benzene rings is 1. The topological polar surface area (TPSA) is 50.7 Å². The molecule has 1 aromatic carbocycles. The zero-order chi connectivity index (χ0) is 11.7. The molecular formula is C13H17NO3. The van der Waals surface area contributed by atoms with Crippen molar-refractivity contribution in [2.45, 2.75) is 25.5 Å². The van der Waals surface area contributed by atoms with Crippen molar-refractivity contribution in [1.29, 1.82) is 0 Å². The summed E-state index contributed by atoms with van der Waals surface area (Å²) in [6, 6.07) is 5.93. The van der Waals surface area contributed by atoms with Gasteiger partial charge in [0.05, 0.1) is 6.10 Å². The number of hydrogen-bond donors (Lipinski definition) is 2. The first-order valence-corrected chi connectivity index (χ1v) is 6.10. The van der Waals surface area contributed by atoms with E-state index >= 15 is 0 Å². The van der Waals surface area contributed by atoms with E-state index in [1.54, 1.807) is 0 Å². The van der Waals surface area contributed by atoms with Crippen LogP contribution in [0.3, 0.4) is 0 Å². The third-order valence-corrected chi connectivity index (χ3v) is 3.29. The summed E-state index contributed by atoms with van der Waals surface area (Å²) >= 11 is 0. The van der Waals surface area contributed by atoms with Gasteiger partial charge in [-0.3, -0.25) is 0 Å². The summed E-state index contributed by atoms with van der Waals surface area (Å²) in [5.41, 5.74) is 1.15. The fraction of sp³-hybridized carbons (Fsp3) is 0.538. The average Bonchev–Trinajstić information content (AvgIpc) is 3.08. The van der Waals surface area contributed by atoms with Gasteiger partial charge < -0.3 is 19.9 Å². The molecule has 1 atom stereocenters. The molecule has 4 heteroatoms. The summed E-state index contributed by atoms with van der Waals surface area (Å²) in [5, 5.41) is 13.0. The number of nitrogens with one attached hydrogen (secondary N) is 1. The summed E-state index contributed by atoms with van der Waals surface area (Å²) in [6.07, 6.45) is 2.16. The van der Waals surface area contributed by atoms with Gasteiger partial charge in [0.25, 0.3) is 0 Å². The Hall–Kier alpha value is -1.26. The van der Waals surface area contributed by atoms with E-state index < -0.39 is 0 Å². The molecule has 1 aliphatic carbocycles. The molecule has 0 saturated heterocycles. The minimum atomic E-state index is -0.191. The lowest BCUT2D eigenvalue weighted by Crippen LogP contribution is -2.27. The molecule has 4 nitrogen and oxygen atoms in total. The van der Waals surface area contributed by atoms with Gasteiger partial charge in [-0.1, -0.05) is 6.07 Å². The van der Waals surface area contributed by atoms with Gasteiger partial charge in [-0.05, 0) is 36.5 Å². The molecular weight excluding hydrogens is 218 g/mol. The van der Waals surface area contributed by atoms with Crippen LogP contribution >= 0.6 is 0 Å². The van der Waals surface area contributed by atoms with E-state index in [0.717, 1.165) is 23.6 Å². The first-order valence-electron chi connectivity index (χ1n) is 6.10. The van der Waals surface area contributed by atoms with Crippen LogP contribution in [0.2, 0.25) is 0 Å². The van der Waals surface area contributed by atoms with Gasteiger partial charge in [0.1, 0.15) is 0 Å². The lowest BCUT2D eigenvalue weighted by molar-refractivity contribution is 0.148. The van der Waals surface area contributed by atoms with Gasteiger partial charge in [-0.2, -0.15) is 0 Å². The first-order chi connectivity index (χ1) is 8.33. The minimum Gasteiger partial charge on any atom is -0.454 e. The number of hydrogen-bond acceptors (Lipinski definition) is 4. The van der Waals surface area contributed by atoms with E-state index in [1.807, 2.05) is 18.2 Å². The number of ether oxygens (including phenoxy) is 2. The molecule has 0 spiro atoms. The quantitative estimate of drug-likeness (QED) is 0.807. The highest BCUT2D eigenvalue weighted by Crippen LogP contribution is 2.33. The molecule has 1 aromatic rings. The Bertz CT molecular complexity index is 404. The summed E-state index contributed by atoms with van der Waals surface area (Å²) < 4.78 is 10.6. The van der Waals surface area contributed by atoms with Crippen molar-refractivity contribution in [2.24, 2.45) is 5.92 Å². The summed E-state index contributed by atoms with van der Waals surface area (Å²) in [6.45, 7) is 1.73. The van der Waals surface area contributed by atoms with Crippen molar-refractivity contribution in [1.82, 2.24) is 5.32 Å². The third-order valence-electron chi connectivity index (χ3n) is 3.29. The number of fused-ring (bicyclic) bond motifs is 1. The summed E-state index contributed by atoms with van der Waals surface area (Å²) in [7, 11) is 0. The second kappa shape index (κ2) is 4.55. The zero-order valence-electron chi connectivity index (χ0n) is 9.69. The van der Waals surface area contributed by atoms with E-state index in [0.29, 0.717) is 19.3 Å². The first kappa shape index (κ1) is 10.9. The standard InChI is InChI=1S/C13H17NO3/c15-11(10-2-3-10)7-14-6-9-1-4-12-13(5-9)17-8-16-12/h1,4-5,10-11,14-15H,2-3,6-8H2. The van der Waals surface area contributed by atoms with Crippen LogP contribution < -0.4 is 14.8 Å². The van der Waals surface area contributed by atoms with Crippen LogP contribution in [0.15, 0.2) is 18.2 Å². The Balaban J connectivity index is 1.51. The Morgan fingerprint density at radius 2 is 2.12 bits per heavy atom. The molecule has 1 unspecified atom stereocenters. The summed E-state index contributed by atoms with van der Waals surface area (Å²) in [4.78, 5) is 0. The highest BCUT2D eigenvalue weighted by Gasteiger charge is 2.29. The molecule has 2 aliphatic rings. The van der Waals surface area contributed by atoms with E-state index in [-0.39, 0.29) is 6.10 Å². The van der Waals surface area contributed by atoms with Gasteiger partial charge in [-0.25, -0.2) is 0 Å². The summed E-state index contributed by atoms with van der Waals surface area (Å²) in [5.74, 6) is 2.15. The maximum Gasteiger partial charge on any atom is 0.231 e. The minimum absolute atomic E-state index is 0.191. The molecule has 1 heterocycles. The molecule has 92 valence electrons. The van der Waals surface area contributed by atoms with Crippen LogP contribution in [0, 0.1) is 5.92 Å². The molecule has 0 radical (unpaired) electrons. The van der Waals surface area contributed by atoms with Crippen molar-refractivity contribution in [3.63, 3.8) is 0 Å². The van der Waals surface area contributed by atoms with Crippen molar-refractivity contribution in [2.75, 3.05) is 13.3 Å². The number of aliphatic hydroxyl groups is 1. The molecule has 1 aliphatic heterocycles. The highest BCUT2D eigenvalue weighted by atomic mass is 16.7.